The molecule has 2 aromatic carbocycles. The Kier molecular flexibility index (Phi) is 4.86. The molecule has 4 nitrogen and oxygen atoms in total. The van der Waals surface area contributed by atoms with Crippen molar-refractivity contribution >= 4 is 5.91 Å². The van der Waals surface area contributed by atoms with Gasteiger partial charge in [0.2, 0.25) is 0 Å². The fourth-order valence-corrected chi connectivity index (χ4v) is 3.24. The predicted molar refractivity (Wildman–Crippen MR) is 95.4 cm³/mol. The third kappa shape index (κ3) is 3.29. The first-order valence-electron chi connectivity index (χ1n) is 8.29. The van der Waals surface area contributed by atoms with E-state index >= 15 is 0 Å². The summed E-state index contributed by atoms with van der Waals surface area (Å²) < 4.78 is 5.37. The summed E-state index contributed by atoms with van der Waals surface area (Å²) in [7, 11) is 3.74. The minimum atomic E-state index is 0.0650. The molecule has 3 rings (SSSR count). The van der Waals surface area contributed by atoms with E-state index < -0.39 is 0 Å². The second-order valence-electron chi connectivity index (χ2n) is 6.37. The van der Waals surface area contributed by atoms with Gasteiger partial charge in [0.05, 0.1) is 13.2 Å². The van der Waals surface area contributed by atoms with Crippen molar-refractivity contribution in [2.75, 3.05) is 33.8 Å². The molecular formula is C20H24N2O2. The van der Waals surface area contributed by atoms with E-state index in [1.165, 1.54) is 5.56 Å². The van der Waals surface area contributed by atoms with Crippen LogP contribution >= 0.6 is 0 Å². The SMILES string of the molecule is COc1cc(C(=O)N2CCN(C)CC2c2ccccc2)ccc1C. The number of hydrogen-bond acceptors (Lipinski definition) is 3. The molecule has 1 amide bonds. The Morgan fingerprint density at radius 2 is 1.88 bits per heavy atom. The molecule has 0 spiro atoms. The zero-order valence-electron chi connectivity index (χ0n) is 14.5. The standard InChI is InChI=1S/C20H24N2O2/c1-15-9-10-17(13-19(15)24-3)20(23)22-12-11-21(2)14-18(22)16-7-5-4-6-8-16/h4-10,13,18H,11-12,14H2,1-3H3. The molecule has 0 aromatic heterocycles. The lowest BCUT2D eigenvalue weighted by atomic mass is 10.0. The van der Waals surface area contributed by atoms with Gasteiger partial charge in [-0.2, -0.15) is 0 Å². The zero-order chi connectivity index (χ0) is 17.1. The number of amides is 1. The Balaban J connectivity index is 1.91. The minimum absolute atomic E-state index is 0.0650. The summed E-state index contributed by atoms with van der Waals surface area (Å²) in [6.07, 6.45) is 0. The number of rotatable bonds is 3. The van der Waals surface area contributed by atoms with E-state index in [0.717, 1.165) is 30.9 Å². The van der Waals surface area contributed by atoms with Gasteiger partial charge >= 0.3 is 0 Å². The molecule has 0 aliphatic carbocycles. The van der Waals surface area contributed by atoms with Crippen LogP contribution < -0.4 is 4.74 Å². The number of nitrogens with zero attached hydrogens (tertiary/aromatic N) is 2. The largest absolute Gasteiger partial charge is 0.496 e. The topological polar surface area (TPSA) is 32.8 Å². The van der Waals surface area contributed by atoms with Crippen molar-refractivity contribution in [3.63, 3.8) is 0 Å². The Morgan fingerprint density at radius 1 is 1.12 bits per heavy atom. The van der Waals surface area contributed by atoms with Crippen LogP contribution in [0.15, 0.2) is 48.5 Å². The quantitative estimate of drug-likeness (QED) is 0.869. The average Bonchev–Trinajstić information content (AvgIpc) is 2.62. The van der Waals surface area contributed by atoms with Crippen molar-refractivity contribution in [2.45, 2.75) is 13.0 Å². The zero-order valence-corrected chi connectivity index (χ0v) is 14.5. The van der Waals surface area contributed by atoms with Crippen LogP contribution in [-0.2, 0) is 0 Å². The van der Waals surface area contributed by atoms with Crippen molar-refractivity contribution in [2.24, 2.45) is 0 Å². The lowest BCUT2D eigenvalue weighted by Gasteiger charge is -2.40. The number of methoxy groups -OCH3 is 1. The van der Waals surface area contributed by atoms with E-state index in [2.05, 4.69) is 24.1 Å². The van der Waals surface area contributed by atoms with E-state index in [4.69, 9.17) is 4.74 Å². The minimum Gasteiger partial charge on any atom is -0.496 e. The van der Waals surface area contributed by atoms with Gasteiger partial charge in [0.1, 0.15) is 5.75 Å². The lowest BCUT2D eigenvalue weighted by molar-refractivity contribution is 0.0497. The van der Waals surface area contributed by atoms with E-state index in [1.54, 1.807) is 7.11 Å². The third-order valence-corrected chi connectivity index (χ3v) is 4.68. The molecule has 126 valence electrons. The van der Waals surface area contributed by atoms with Crippen LogP contribution in [0.25, 0.3) is 0 Å². The van der Waals surface area contributed by atoms with Crippen LogP contribution in [0.5, 0.6) is 5.75 Å². The molecule has 24 heavy (non-hydrogen) atoms. The van der Waals surface area contributed by atoms with Crippen LogP contribution in [0, 0.1) is 6.92 Å². The molecule has 1 heterocycles. The molecule has 2 aromatic rings. The van der Waals surface area contributed by atoms with Gasteiger partial charge < -0.3 is 14.5 Å². The highest BCUT2D eigenvalue weighted by Gasteiger charge is 2.30. The summed E-state index contributed by atoms with van der Waals surface area (Å²) in [5.74, 6) is 0.821. The maximum atomic E-state index is 13.1. The van der Waals surface area contributed by atoms with Crippen LogP contribution in [-0.4, -0.2) is 49.5 Å². The van der Waals surface area contributed by atoms with Crippen molar-refractivity contribution in [3.05, 3.63) is 65.2 Å². The molecule has 1 aliphatic heterocycles. The first kappa shape index (κ1) is 16.5. The van der Waals surface area contributed by atoms with Gasteiger partial charge in [-0.3, -0.25) is 4.79 Å². The number of ether oxygens (including phenoxy) is 1. The highest BCUT2D eigenvalue weighted by atomic mass is 16.5. The van der Waals surface area contributed by atoms with Crippen molar-refractivity contribution in [1.29, 1.82) is 0 Å². The molecule has 1 atom stereocenters. The number of aryl methyl sites for hydroxylation is 1. The molecule has 1 fully saturated rings. The molecule has 4 heteroatoms. The van der Waals surface area contributed by atoms with Crippen LogP contribution in [0.2, 0.25) is 0 Å². The summed E-state index contributed by atoms with van der Waals surface area (Å²) in [4.78, 5) is 17.4. The monoisotopic (exact) mass is 324 g/mol. The average molecular weight is 324 g/mol. The third-order valence-electron chi connectivity index (χ3n) is 4.68. The Bertz CT molecular complexity index is 715. The van der Waals surface area contributed by atoms with Gasteiger partial charge in [0.15, 0.2) is 0 Å². The summed E-state index contributed by atoms with van der Waals surface area (Å²) in [5, 5.41) is 0. The summed E-state index contributed by atoms with van der Waals surface area (Å²) in [6, 6.07) is 16.0. The Labute approximate surface area is 143 Å². The van der Waals surface area contributed by atoms with Gasteiger partial charge in [-0.15, -0.1) is 0 Å². The Morgan fingerprint density at radius 3 is 2.58 bits per heavy atom. The number of hydrogen-bond donors (Lipinski definition) is 0. The highest BCUT2D eigenvalue weighted by Crippen LogP contribution is 2.28. The normalized spacial score (nSPS) is 18.5. The molecule has 0 bridgehead atoms. The molecule has 1 aliphatic rings. The Hall–Kier alpha value is -2.33. The van der Waals surface area contributed by atoms with Gasteiger partial charge in [0.25, 0.3) is 5.91 Å². The number of benzene rings is 2. The molecular weight excluding hydrogens is 300 g/mol. The van der Waals surface area contributed by atoms with Gasteiger partial charge in [-0.25, -0.2) is 0 Å². The molecule has 0 radical (unpaired) electrons. The summed E-state index contributed by atoms with van der Waals surface area (Å²) in [5.41, 5.74) is 2.89. The van der Waals surface area contributed by atoms with Crippen LogP contribution in [0.4, 0.5) is 0 Å². The molecule has 0 N–H and O–H groups in total. The number of piperazine rings is 1. The smallest absolute Gasteiger partial charge is 0.254 e. The van der Waals surface area contributed by atoms with Crippen molar-refractivity contribution in [3.8, 4) is 5.75 Å². The maximum Gasteiger partial charge on any atom is 0.254 e. The van der Waals surface area contributed by atoms with E-state index in [1.807, 2.05) is 48.2 Å². The predicted octanol–water partition coefficient (Wildman–Crippen LogP) is 3.13. The molecule has 1 saturated heterocycles. The fourth-order valence-electron chi connectivity index (χ4n) is 3.24. The second-order valence-corrected chi connectivity index (χ2v) is 6.37. The van der Waals surface area contributed by atoms with Crippen LogP contribution in [0.1, 0.15) is 27.5 Å². The molecule has 0 saturated carbocycles. The first-order chi connectivity index (χ1) is 11.6. The number of carbonyl (C=O) groups is 1. The van der Waals surface area contributed by atoms with Gasteiger partial charge in [-0.1, -0.05) is 36.4 Å². The van der Waals surface area contributed by atoms with Crippen LogP contribution in [0.3, 0.4) is 0 Å². The van der Waals surface area contributed by atoms with E-state index in [0.29, 0.717) is 5.56 Å². The highest BCUT2D eigenvalue weighted by molar-refractivity contribution is 5.95. The fraction of sp³-hybridized carbons (Fsp3) is 0.350. The van der Waals surface area contributed by atoms with Crippen molar-refractivity contribution in [1.82, 2.24) is 9.80 Å². The first-order valence-corrected chi connectivity index (χ1v) is 8.29. The van der Waals surface area contributed by atoms with E-state index in [-0.39, 0.29) is 11.9 Å². The lowest BCUT2D eigenvalue weighted by Crippen LogP contribution is -2.49. The van der Waals surface area contributed by atoms with E-state index in [9.17, 15) is 4.79 Å². The van der Waals surface area contributed by atoms with Gasteiger partial charge in [0, 0.05) is 25.2 Å². The van der Waals surface area contributed by atoms with Crippen molar-refractivity contribution < 1.29 is 9.53 Å². The summed E-state index contributed by atoms with van der Waals surface area (Å²) in [6.45, 7) is 4.44. The number of carbonyl (C=O) groups excluding carboxylic acids is 1. The summed E-state index contributed by atoms with van der Waals surface area (Å²) >= 11 is 0. The number of likely N-dealkylation sites (N-methyl/N-ethyl adjacent to an activating group) is 1. The maximum absolute atomic E-state index is 13.1. The second kappa shape index (κ2) is 7.05. The van der Waals surface area contributed by atoms with Gasteiger partial charge in [-0.05, 0) is 37.2 Å². The molecule has 1 unspecified atom stereocenters.